The van der Waals surface area contributed by atoms with Gasteiger partial charge in [0.05, 0.1) is 11.1 Å². The molecular formula is C34H21NO2. The first-order valence-electron chi connectivity index (χ1n) is 12.5. The summed E-state index contributed by atoms with van der Waals surface area (Å²) in [4.78, 5) is 2.24. The Morgan fingerprint density at radius 3 is 1.84 bits per heavy atom. The molecule has 37 heavy (non-hydrogen) atoms. The molecule has 0 bridgehead atoms. The van der Waals surface area contributed by atoms with E-state index in [9.17, 15) is 0 Å². The van der Waals surface area contributed by atoms with E-state index in [0.717, 1.165) is 66.3 Å². The smallest absolute Gasteiger partial charge is 0.159 e. The van der Waals surface area contributed by atoms with Gasteiger partial charge in [-0.2, -0.15) is 0 Å². The molecule has 0 aliphatic carbocycles. The van der Waals surface area contributed by atoms with Gasteiger partial charge in [0.15, 0.2) is 5.58 Å². The molecule has 0 N–H and O–H groups in total. The number of fused-ring (bicyclic) bond motifs is 9. The van der Waals surface area contributed by atoms with Crippen molar-refractivity contribution in [2.45, 2.75) is 0 Å². The van der Waals surface area contributed by atoms with Gasteiger partial charge in [-0.3, -0.25) is 0 Å². The molecule has 3 heteroatoms. The molecule has 0 atom stereocenters. The predicted octanol–water partition coefficient (Wildman–Crippen LogP) is 10.1. The van der Waals surface area contributed by atoms with Gasteiger partial charge in [-0.1, -0.05) is 78.9 Å². The molecule has 8 aromatic rings. The third-order valence-electron chi connectivity index (χ3n) is 7.24. The number of nitrogens with zero attached hydrogens (tertiary/aromatic N) is 1. The van der Waals surface area contributed by atoms with Gasteiger partial charge in [0.25, 0.3) is 0 Å². The Morgan fingerprint density at radius 1 is 0.405 bits per heavy atom. The van der Waals surface area contributed by atoms with Gasteiger partial charge in [-0.15, -0.1) is 0 Å². The Morgan fingerprint density at radius 2 is 1.05 bits per heavy atom. The van der Waals surface area contributed by atoms with E-state index in [-0.39, 0.29) is 0 Å². The molecule has 0 saturated heterocycles. The van der Waals surface area contributed by atoms with Gasteiger partial charge in [-0.25, -0.2) is 0 Å². The van der Waals surface area contributed by atoms with Gasteiger partial charge in [0.2, 0.25) is 0 Å². The minimum absolute atomic E-state index is 0.819. The SMILES string of the molecule is c1ccc(N(c2ccccc2)c2cccc3c2oc2ccc4c5ccc6ccccc6c5oc4c23)cc1. The molecule has 0 aliphatic rings. The molecule has 0 radical (unpaired) electrons. The molecule has 8 rings (SSSR count). The van der Waals surface area contributed by atoms with Crippen molar-refractivity contribution in [3.8, 4) is 0 Å². The summed E-state index contributed by atoms with van der Waals surface area (Å²) in [5.74, 6) is 0. The summed E-state index contributed by atoms with van der Waals surface area (Å²) in [5.41, 5.74) is 6.57. The van der Waals surface area contributed by atoms with E-state index in [4.69, 9.17) is 8.83 Å². The largest absolute Gasteiger partial charge is 0.455 e. The van der Waals surface area contributed by atoms with Crippen LogP contribution in [-0.4, -0.2) is 0 Å². The molecule has 2 aromatic heterocycles. The molecule has 0 saturated carbocycles. The van der Waals surface area contributed by atoms with E-state index in [1.54, 1.807) is 0 Å². The normalized spacial score (nSPS) is 11.8. The van der Waals surface area contributed by atoms with Gasteiger partial charge in [0, 0.05) is 32.9 Å². The second kappa shape index (κ2) is 7.74. The topological polar surface area (TPSA) is 29.5 Å². The number of hydrogen-bond donors (Lipinski definition) is 0. The monoisotopic (exact) mass is 475 g/mol. The van der Waals surface area contributed by atoms with Crippen LogP contribution in [0.25, 0.3) is 54.6 Å². The molecule has 0 spiro atoms. The summed E-state index contributed by atoms with van der Waals surface area (Å²) in [6.07, 6.45) is 0. The third-order valence-corrected chi connectivity index (χ3v) is 7.24. The number of para-hydroxylation sites is 3. The van der Waals surface area contributed by atoms with Gasteiger partial charge in [0.1, 0.15) is 16.7 Å². The maximum atomic E-state index is 6.64. The minimum atomic E-state index is 0.819. The van der Waals surface area contributed by atoms with Crippen LogP contribution in [0.2, 0.25) is 0 Å². The lowest BCUT2D eigenvalue weighted by molar-refractivity contribution is 0.664. The summed E-state index contributed by atoms with van der Waals surface area (Å²) in [6.45, 7) is 0. The van der Waals surface area contributed by atoms with Gasteiger partial charge >= 0.3 is 0 Å². The molecule has 2 heterocycles. The Bertz CT molecular complexity index is 2050. The van der Waals surface area contributed by atoms with Crippen molar-refractivity contribution in [3.63, 3.8) is 0 Å². The molecule has 0 amide bonds. The second-order valence-electron chi connectivity index (χ2n) is 9.34. The second-order valence-corrected chi connectivity index (χ2v) is 9.34. The van der Waals surface area contributed by atoms with E-state index in [1.807, 2.05) is 12.1 Å². The summed E-state index contributed by atoms with van der Waals surface area (Å²) in [6, 6.07) is 44.0. The van der Waals surface area contributed by atoms with Crippen molar-refractivity contribution < 1.29 is 8.83 Å². The maximum Gasteiger partial charge on any atom is 0.159 e. The summed E-state index contributed by atoms with van der Waals surface area (Å²) < 4.78 is 13.2. The van der Waals surface area contributed by atoms with Crippen LogP contribution in [0, 0.1) is 0 Å². The highest BCUT2D eigenvalue weighted by atomic mass is 16.3. The first-order chi connectivity index (χ1) is 18.4. The van der Waals surface area contributed by atoms with Crippen LogP contribution >= 0.6 is 0 Å². The Kier molecular flexibility index (Phi) is 4.23. The maximum absolute atomic E-state index is 6.64. The lowest BCUT2D eigenvalue weighted by Crippen LogP contribution is -2.09. The fourth-order valence-corrected chi connectivity index (χ4v) is 5.59. The van der Waals surface area contributed by atoms with Crippen LogP contribution in [0.4, 0.5) is 17.1 Å². The standard InChI is InChI=1S/C34H21NO2/c1-3-11-23(12-4-1)35(24-13-5-2-6-14-24)29-17-9-16-28-31-30(36-33(28)29)21-20-27-26-19-18-22-10-7-8-15-25(22)32(26)37-34(27)31/h1-21H. The number of anilines is 3. The molecule has 174 valence electrons. The van der Waals surface area contributed by atoms with E-state index < -0.39 is 0 Å². The lowest BCUT2D eigenvalue weighted by atomic mass is 10.0. The van der Waals surface area contributed by atoms with Crippen molar-refractivity contribution in [1.82, 2.24) is 0 Å². The summed E-state index contributed by atoms with van der Waals surface area (Å²) in [7, 11) is 0. The Hall–Kier alpha value is -5.02. The Labute approximate surface area is 212 Å². The van der Waals surface area contributed by atoms with E-state index >= 15 is 0 Å². The van der Waals surface area contributed by atoms with Gasteiger partial charge < -0.3 is 13.7 Å². The van der Waals surface area contributed by atoms with Crippen LogP contribution in [-0.2, 0) is 0 Å². The fraction of sp³-hybridized carbons (Fsp3) is 0. The van der Waals surface area contributed by atoms with Crippen molar-refractivity contribution >= 4 is 71.7 Å². The zero-order valence-corrected chi connectivity index (χ0v) is 19.9. The first kappa shape index (κ1) is 20.2. The average molecular weight is 476 g/mol. The molecule has 0 fully saturated rings. The molecular weight excluding hydrogens is 454 g/mol. The van der Waals surface area contributed by atoms with Gasteiger partial charge in [-0.05, 0) is 53.9 Å². The van der Waals surface area contributed by atoms with E-state index in [1.165, 1.54) is 5.39 Å². The minimum Gasteiger partial charge on any atom is -0.455 e. The fourth-order valence-electron chi connectivity index (χ4n) is 5.59. The number of hydrogen-bond acceptors (Lipinski definition) is 3. The average Bonchev–Trinajstić information content (AvgIpc) is 3.53. The number of rotatable bonds is 3. The van der Waals surface area contributed by atoms with Crippen LogP contribution in [0.15, 0.2) is 136 Å². The number of benzene rings is 6. The quantitative estimate of drug-likeness (QED) is 0.255. The zero-order chi connectivity index (χ0) is 24.3. The molecule has 6 aromatic carbocycles. The number of furan rings is 2. The van der Waals surface area contributed by atoms with E-state index in [2.05, 4.69) is 120 Å². The van der Waals surface area contributed by atoms with Crippen LogP contribution < -0.4 is 4.90 Å². The zero-order valence-electron chi connectivity index (χ0n) is 19.9. The highest BCUT2D eigenvalue weighted by Gasteiger charge is 2.22. The predicted molar refractivity (Wildman–Crippen MR) is 153 cm³/mol. The van der Waals surface area contributed by atoms with Crippen molar-refractivity contribution in [1.29, 1.82) is 0 Å². The lowest BCUT2D eigenvalue weighted by Gasteiger charge is -2.25. The highest BCUT2D eigenvalue weighted by molar-refractivity contribution is 6.25. The van der Waals surface area contributed by atoms with Crippen LogP contribution in [0.3, 0.4) is 0 Å². The molecule has 0 aliphatic heterocycles. The van der Waals surface area contributed by atoms with Crippen LogP contribution in [0.5, 0.6) is 0 Å². The van der Waals surface area contributed by atoms with Crippen molar-refractivity contribution in [2.75, 3.05) is 4.90 Å². The Balaban J connectivity index is 1.46. The van der Waals surface area contributed by atoms with Crippen molar-refractivity contribution in [3.05, 3.63) is 127 Å². The first-order valence-corrected chi connectivity index (χ1v) is 12.5. The molecule has 0 unspecified atom stereocenters. The summed E-state index contributed by atoms with van der Waals surface area (Å²) in [5, 5.41) is 6.57. The van der Waals surface area contributed by atoms with E-state index in [0.29, 0.717) is 0 Å². The highest BCUT2D eigenvalue weighted by Crippen LogP contribution is 2.45. The van der Waals surface area contributed by atoms with Crippen molar-refractivity contribution in [2.24, 2.45) is 0 Å². The third kappa shape index (κ3) is 2.95. The summed E-state index contributed by atoms with van der Waals surface area (Å²) >= 11 is 0. The molecule has 3 nitrogen and oxygen atoms in total. The van der Waals surface area contributed by atoms with Crippen LogP contribution in [0.1, 0.15) is 0 Å².